The molecular formula is C17H23N3O. The van der Waals surface area contributed by atoms with Crippen molar-refractivity contribution in [2.45, 2.75) is 39.2 Å². The minimum absolute atomic E-state index is 0.202. The van der Waals surface area contributed by atoms with Crippen molar-refractivity contribution in [3.8, 4) is 5.75 Å². The van der Waals surface area contributed by atoms with E-state index in [-0.39, 0.29) is 5.41 Å². The highest BCUT2D eigenvalue weighted by Crippen LogP contribution is 2.28. The largest absolute Gasteiger partial charge is 0.489 e. The number of hydrogen-bond acceptors (Lipinski definition) is 4. The number of rotatable bonds is 6. The van der Waals surface area contributed by atoms with Crippen LogP contribution in [0, 0.1) is 0 Å². The summed E-state index contributed by atoms with van der Waals surface area (Å²) in [6, 6.07) is 12.1. The number of aromatic nitrogens is 1. The van der Waals surface area contributed by atoms with Crippen molar-refractivity contribution in [1.29, 1.82) is 0 Å². The number of benzene rings is 1. The molecule has 21 heavy (non-hydrogen) atoms. The van der Waals surface area contributed by atoms with Gasteiger partial charge < -0.3 is 10.2 Å². The van der Waals surface area contributed by atoms with Crippen molar-refractivity contribution >= 4 is 5.82 Å². The van der Waals surface area contributed by atoms with Crippen LogP contribution < -0.4 is 16.0 Å². The van der Waals surface area contributed by atoms with E-state index < -0.39 is 0 Å². The van der Waals surface area contributed by atoms with Crippen LogP contribution in [0.3, 0.4) is 0 Å². The van der Waals surface area contributed by atoms with Crippen LogP contribution in [-0.2, 0) is 12.0 Å². The molecule has 1 aromatic carbocycles. The molecule has 2 rings (SSSR count). The second-order valence-corrected chi connectivity index (χ2v) is 5.75. The van der Waals surface area contributed by atoms with Crippen LogP contribution in [0.2, 0.25) is 0 Å². The number of nitrogens with zero attached hydrogens (tertiary/aromatic N) is 1. The third-order valence-corrected chi connectivity index (χ3v) is 3.90. The Balaban J connectivity index is 1.97. The first-order valence-corrected chi connectivity index (χ1v) is 7.20. The Morgan fingerprint density at radius 3 is 2.38 bits per heavy atom. The summed E-state index contributed by atoms with van der Waals surface area (Å²) in [4.78, 5) is 4.15. The molecule has 0 spiro atoms. The predicted octanol–water partition coefficient (Wildman–Crippen LogP) is 3.63. The van der Waals surface area contributed by atoms with Crippen LogP contribution in [0.5, 0.6) is 5.75 Å². The zero-order chi connectivity index (χ0) is 15.3. The zero-order valence-corrected chi connectivity index (χ0v) is 12.9. The van der Waals surface area contributed by atoms with Crippen LogP contribution >= 0.6 is 0 Å². The maximum Gasteiger partial charge on any atom is 0.139 e. The smallest absolute Gasteiger partial charge is 0.139 e. The van der Waals surface area contributed by atoms with Crippen molar-refractivity contribution < 1.29 is 4.74 Å². The van der Waals surface area contributed by atoms with Crippen molar-refractivity contribution in [3.63, 3.8) is 0 Å². The van der Waals surface area contributed by atoms with Gasteiger partial charge in [-0.3, -0.25) is 0 Å². The molecule has 112 valence electrons. The summed E-state index contributed by atoms with van der Waals surface area (Å²) in [5.41, 5.74) is 5.04. The van der Waals surface area contributed by atoms with Gasteiger partial charge in [0.1, 0.15) is 18.2 Å². The molecule has 1 heterocycles. The molecule has 4 nitrogen and oxygen atoms in total. The maximum atomic E-state index is 5.78. The number of hydrazine groups is 1. The van der Waals surface area contributed by atoms with Crippen LogP contribution in [0.15, 0.2) is 42.6 Å². The lowest BCUT2D eigenvalue weighted by Crippen LogP contribution is -2.15. The summed E-state index contributed by atoms with van der Waals surface area (Å²) in [5.74, 6) is 6.79. The highest BCUT2D eigenvalue weighted by Gasteiger charge is 2.17. The molecule has 0 amide bonds. The fourth-order valence-corrected chi connectivity index (χ4v) is 1.97. The molecule has 0 atom stereocenters. The molecule has 0 unspecified atom stereocenters. The van der Waals surface area contributed by atoms with E-state index in [4.69, 9.17) is 10.6 Å². The first-order valence-electron chi connectivity index (χ1n) is 7.20. The lowest BCUT2D eigenvalue weighted by atomic mass is 9.82. The summed E-state index contributed by atoms with van der Waals surface area (Å²) >= 11 is 0. The van der Waals surface area contributed by atoms with Crippen molar-refractivity contribution in [2.24, 2.45) is 5.84 Å². The highest BCUT2D eigenvalue weighted by atomic mass is 16.5. The van der Waals surface area contributed by atoms with Gasteiger partial charge in [0.25, 0.3) is 0 Å². The molecule has 3 N–H and O–H groups in total. The second kappa shape index (κ2) is 6.59. The molecule has 1 aromatic heterocycles. The normalized spacial score (nSPS) is 11.2. The molecule has 0 saturated carbocycles. The second-order valence-electron chi connectivity index (χ2n) is 5.75. The number of anilines is 1. The fourth-order valence-electron chi connectivity index (χ4n) is 1.97. The predicted molar refractivity (Wildman–Crippen MR) is 86.1 cm³/mol. The van der Waals surface area contributed by atoms with Gasteiger partial charge in [-0.05, 0) is 35.6 Å². The van der Waals surface area contributed by atoms with Crippen LogP contribution in [0.25, 0.3) is 0 Å². The number of hydrogen-bond donors (Lipinski definition) is 2. The summed E-state index contributed by atoms with van der Waals surface area (Å²) in [6.07, 6.45) is 2.87. The van der Waals surface area contributed by atoms with Gasteiger partial charge in [0.05, 0.1) is 0 Å². The molecule has 0 radical (unpaired) electrons. The van der Waals surface area contributed by atoms with Crippen molar-refractivity contribution in [3.05, 3.63) is 53.7 Å². The van der Waals surface area contributed by atoms with Crippen LogP contribution in [-0.4, -0.2) is 4.98 Å². The van der Waals surface area contributed by atoms with E-state index in [9.17, 15) is 0 Å². The summed E-state index contributed by atoms with van der Waals surface area (Å²) in [5, 5.41) is 0. The van der Waals surface area contributed by atoms with E-state index in [1.54, 1.807) is 6.20 Å². The van der Waals surface area contributed by atoms with E-state index in [1.165, 1.54) is 5.56 Å². The Bertz CT molecular complexity index is 562. The van der Waals surface area contributed by atoms with E-state index in [2.05, 4.69) is 43.3 Å². The first-order chi connectivity index (χ1) is 10.0. The lowest BCUT2D eigenvalue weighted by Gasteiger charge is -2.23. The van der Waals surface area contributed by atoms with Gasteiger partial charge in [-0.2, -0.15) is 0 Å². The molecule has 0 fully saturated rings. The molecule has 0 saturated heterocycles. The lowest BCUT2D eigenvalue weighted by molar-refractivity contribution is 0.305. The number of nitrogen functional groups attached to an aromatic ring is 1. The molecule has 0 aliphatic rings. The molecule has 0 bridgehead atoms. The Morgan fingerprint density at radius 1 is 1.14 bits per heavy atom. The van der Waals surface area contributed by atoms with Gasteiger partial charge in [-0.1, -0.05) is 39.0 Å². The Labute approximate surface area is 126 Å². The van der Waals surface area contributed by atoms with Gasteiger partial charge >= 0.3 is 0 Å². The van der Waals surface area contributed by atoms with E-state index in [0.29, 0.717) is 12.4 Å². The van der Waals surface area contributed by atoms with Gasteiger partial charge in [0, 0.05) is 11.8 Å². The summed E-state index contributed by atoms with van der Waals surface area (Å²) in [7, 11) is 0. The number of nitrogens with two attached hydrogens (primary N) is 1. The number of pyridine rings is 1. The highest BCUT2D eigenvalue weighted by molar-refractivity contribution is 5.34. The monoisotopic (exact) mass is 285 g/mol. The minimum Gasteiger partial charge on any atom is -0.489 e. The average Bonchev–Trinajstić information content (AvgIpc) is 2.54. The quantitative estimate of drug-likeness (QED) is 0.628. The maximum absolute atomic E-state index is 5.78. The summed E-state index contributed by atoms with van der Waals surface area (Å²) < 4.78 is 5.78. The van der Waals surface area contributed by atoms with Crippen molar-refractivity contribution in [1.82, 2.24) is 4.98 Å². The summed E-state index contributed by atoms with van der Waals surface area (Å²) in [6.45, 7) is 7.20. The topological polar surface area (TPSA) is 60.2 Å². The van der Waals surface area contributed by atoms with Crippen LogP contribution in [0.4, 0.5) is 5.82 Å². The first kappa shape index (κ1) is 15.3. The third kappa shape index (κ3) is 3.95. The molecule has 0 aliphatic heterocycles. The van der Waals surface area contributed by atoms with Gasteiger partial charge in [-0.25, -0.2) is 10.8 Å². The zero-order valence-electron chi connectivity index (χ0n) is 12.9. The third-order valence-electron chi connectivity index (χ3n) is 3.90. The standard InChI is InChI=1S/C17H23N3O/c1-4-17(2,3)14-6-8-15(9-7-14)21-12-13-5-10-16(20-18)19-11-13/h5-11H,4,12,18H2,1-3H3,(H,19,20). The van der Waals surface area contributed by atoms with Crippen LogP contribution in [0.1, 0.15) is 38.3 Å². The van der Waals surface area contributed by atoms with Crippen molar-refractivity contribution in [2.75, 3.05) is 5.43 Å². The van der Waals surface area contributed by atoms with Gasteiger partial charge in [-0.15, -0.1) is 0 Å². The fraction of sp³-hybridized carbons (Fsp3) is 0.353. The number of ether oxygens (including phenoxy) is 1. The minimum atomic E-state index is 0.202. The number of nitrogens with one attached hydrogen (secondary N) is 1. The molecular weight excluding hydrogens is 262 g/mol. The van der Waals surface area contributed by atoms with E-state index in [0.717, 1.165) is 17.7 Å². The molecule has 2 aromatic rings. The van der Waals surface area contributed by atoms with E-state index in [1.807, 2.05) is 24.3 Å². The van der Waals surface area contributed by atoms with Gasteiger partial charge in [0.15, 0.2) is 0 Å². The Kier molecular flexibility index (Phi) is 4.81. The molecule has 0 aliphatic carbocycles. The Morgan fingerprint density at radius 2 is 1.86 bits per heavy atom. The van der Waals surface area contributed by atoms with Gasteiger partial charge in [0.2, 0.25) is 0 Å². The average molecular weight is 285 g/mol. The van der Waals surface area contributed by atoms with E-state index >= 15 is 0 Å². The Hall–Kier alpha value is -2.07. The molecule has 4 heteroatoms. The SMILES string of the molecule is CCC(C)(C)c1ccc(OCc2ccc(NN)nc2)cc1.